The van der Waals surface area contributed by atoms with Crippen molar-refractivity contribution in [3.8, 4) is 16.9 Å². The average Bonchev–Trinajstić information content (AvgIpc) is 3.02. The molecule has 5 rings (SSSR count). The molecule has 2 heterocycles. The summed E-state index contributed by atoms with van der Waals surface area (Å²) >= 11 is 0. The molecule has 1 fully saturated rings. The van der Waals surface area contributed by atoms with Gasteiger partial charge in [-0.05, 0) is 60.8 Å². The van der Waals surface area contributed by atoms with E-state index < -0.39 is 0 Å². The summed E-state index contributed by atoms with van der Waals surface area (Å²) in [5, 5.41) is 0.919. The summed E-state index contributed by atoms with van der Waals surface area (Å²) in [4.78, 5) is 8.82. The van der Waals surface area contributed by atoms with Gasteiger partial charge in [0.2, 0.25) is 0 Å². The molecule has 6 nitrogen and oxygen atoms in total. The van der Waals surface area contributed by atoms with Gasteiger partial charge in [0.15, 0.2) is 0 Å². The zero-order valence-corrected chi connectivity index (χ0v) is 17.0. The number of nitrogens with two attached hydrogens (primary N) is 2. The van der Waals surface area contributed by atoms with Crippen LogP contribution in [0.25, 0.3) is 27.7 Å². The van der Waals surface area contributed by atoms with E-state index in [1.807, 2.05) is 12.1 Å². The summed E-state index contributed by atoms with van der Waals surface area (Å²) in [5.74, 6) is 1.35. The van der Waals surface area contributed by atoms with E-state index >= 15 is 0 Å². The van der Waals surface area contributed by atoms with Gasteiger partial charge in [-0.15, -0.1) is 0 Å². The Hall–Kier alpha value is -2.86. The summed E-state index contributed by atoms with van der Waals surface area (Å²) < 4.78 is 7.51. The van der Waals surface area contributed by atoms with Gasteiger partial charge in [-0.2, -0.15) is 0 Å². The van der Waals surface area contributed by atoms with Crippen LogP contribution in [0.4, 0.5) is 5.82 Å². The SMILES string of the molecule is COc1ccc(-c2c(C3=CCC4(CC3)CC(N)C4)n(C)c3ncnc(N)c23)cc1. The third-order valence-electron chi connectivity index (χ3n) is 6.78. The summed E-state index contributed by atoms with van der Waals surface area (Å²) in [6.07, 6.45) is 9.59. The lowest BCUT2D eigenvalue weighted by molar-refractivity contribution is 0.0933. The van der Waals surface area contributed by atoms with Crippen LogP contribution in [0.5, 0.6) is 5.75 Å². The Balaban J connectivity index is 1.68. The normalized spacial score (nSPS) is 23.8. The summed E-state index contributed by atoms with van der Waals surface area (Å²) in [5.41, 5.74) is 18.5. The monoisotopic (exact) mass is 389 g/mol. The quantitative estimate of drug-likeness (QED) is 0.709. The van der Waals surface area contributed by atoms with Crippen molar-refractivity contribution in [1.29, 1.82) is 0 Å². The van der Waals surface area contributed by atoms with Crippen LogP contribution < -0.4 is 16.2 Å². The number of nitrogens with zero attached hydrogens (tertiary/aromatic N) is 3. The topological polar surface area (TPSA) is 92.0 Å². The first-order chi connectivity index (χ1) is 14.0. The largest absolute Gasteiger partial charge is 0.497 e. The van der Waals surface area contributed by atoms with E-state index in [9.17, 15) is 0 Å². The highest BCUT2D eigenvalue weighted by atomic mass is 16.5. The van der Waals surface area contributed by atoms with Gasteiger partial charge in [0, 0.05) is 18.7 Å². The third-order valence-corrected chi connectivity index (χ3v) is 6.78. The summed E-state index contributed by atoms with van der Waals surface area (Å²) in [6, 6.07) is 8.52. The van der Waals surface area contributed by atoms with Gasteiger partial charge in [0.1, 0.15) is 23.5 Å². The number of fused-ring (bicyclic) bond motifs is 1. The van der Waals surface area contributed by atoms with Crippen molar-refractivity contribution in [3.63, 3.8) is 0 Å². The van der Waals surface area contributed by atoms with Crippen LogP contribution in [-0.4, -0.2) is 27.7 Å². The Labute approximate surface area is 170 Å². The first kappa shape index (κ1) is 18.2. The van der Waals surface area contributed by atoms with Crippen molar-refractivity contribution in [2.24, 2.45) is 18.2 Å². The molecule has 6 heteroatoms. The molecule has 3 aromatic rings. The van der Waals surface area contributed by atoms with Crippen molar-refractivity contribution < 1.29 is 4.74 Å². The molecule has 0 unspecified atom stereocenters. The molecule has 0 bridgehead atoms. The second kappa shape index (κ2) is 6.59. The molecule has 2 aliphatic carbocycles. The van der Waals surface area contributed by atoms with Crippen molar-refractivity contribution in [2.75, 3.05) is 12.8 Å². The molecule has 2 aliphatic rings. The molecule has 0 aliphatic heterocycles. The Morgan fingerprint density at radius 1 is 1.17 bits per heavy atom. The van der Waals surface area contributed by atoms with Crippen molar-refractivity contribution in [1.82, 2.24) is 14.5 Å². The minimum absolute atomic E-state index is 0.382. The van der Waals surface area contributed by atoms with Gasteiger partial charge in [-0.3, -0.25) is 0 Å². The molecule has 0 radical (unpaired) electrons. The van der Waals surface area contributed by atoms with Gasteiger partial charge in [-0.1, -0.05) is 18.2 Å². The molecular weight excluding hydrogens is 362 g/mol. The average molecular weight is 390 g/mol. The zero-order chi connectivity index (χ0) is 20.2. The molecule has 2 aromatic heterocycles. The fourth-order valence-corrected chi connectivity index (χ4v) is 5.27. The number of benzene rings is 1. The first-order valence-electron chi connectivity index (χ1n) is 10.2. The van der Waals surface area contributed by atoms with Crippen LogP contribution in [0, 0.1) is 5.41 Å². The van der Waals surface area contributed by atoms with E-state index in [1.165, 1.54) is 17.7 Å². The Kier molecular flexibility index (Phi) is 4.13. The number of methoxy groups -OCH3 is 1. The van der Waals surface area contributed by atoms with Crippen LogP contribution in [0.3, 0.4) is 0 Å². The lowest BCUT2D eigenvalue weighted by Crippen LogP contribution is -2.46. The summed E-state index contributed by atoms with van der Waals surface area (Å²) in [7, 11) is 3.75. The maximum atomic E-state index is 6.33. The lowest BCUT2D eigenvalue weighted by atomic mass is 9.59. The molecule has 150 valence electrons. The second-order valence-electron chi connectivity index (χ2n) is 8.57. The predicted molar refractivity (Wildman–Crippen MR) is 116 cm³/mol. The Morgan fingerprint density at radius 2 is 1.93 bits per heavy atom. The van der Waals surface area contributed by atoms with Gasteiger partial charge < -0.3 is 20.8 Å². The van der Waals surface area contributed by atoms with Crippen LogP contribution in [0.15, 0.2) is 36.7 Å². The molecule has 1 spiro atoms. The molecular formula is C23H27N5O. The van der Waals surface area contributed by atoms with Gasteiger partial charge in [0.25, 0.3) is 0 Å². The van der Waals surface area contributed by atoms with E-state index in [2.05, 4.69) is 39.8 Å². The fourth-order valence-electron chi connectivity index (χ4n) is 5.27. The summed E-state index contributed by atoms with van der Waals surface area (Å²) in [6.45, 7) is 0. The highest BCUT2D eigenvalue weighted by molar-refractivity contribution is 6.05. The highest BCUT2D eigenvalue weighted by Crippen LogP contribution is 2.53. The van der Waals surface area contributed by atoms with Gasteiger partial charge in [-0.25, -0.2) is 9.97 Å². The smallest absolute Gasteiger partial charge is 0.146 e. The fraction of sp³-hybridized carbons (Fsp3) is 0.391. The number of ether oxygens (including phenoxy) is 1. The van der Waals surface area contributed by atoms with E-state index in [-0.39, 0.29) is 0 Å². The van der Waals surface area contributed by atoms with E-state index in [4.69, 9.17) is 16.2 Å². The van der Waals surface area contributed by atoms with Gasteiger partial charge in [0.05, 0.1) is 18.2 Å². The molecule has 1 saturated carbocycles. The maximum Gasteiger partial charge on any atom is 0.146 e. The third kappa shape index (κ3) is 2.82. The number of aromatic nitrogens is 3. The molecule has 0 saturated heterocycles. The lowest BCUT2D eigenvalue weighted by Gasteiger charge is -2.48. The number of allylic oxidation sites excluding steroid dienone is 2. The molecule has 0 atom stereocenters. The van der Waals surface area contributed by atoms with Crippen molar-refractivity contribution >= 4 is 22.4 Å². The van der Waals surface area contributed by atoms with Crippen LogP contribution in [0.1, 0.15) is 37.8 Å². The number of hydrogen-bond acceptors (Lipinski definition) is 5. The van der Waals surface area contributed by atoms with Crippen LogP contribution >= 0.6 is 0 Å². The van der Waals surface area contributed by atoms with Crippen molar-refractivity contribution in [3.05, 3.63) is 42.4 Å². The number of nitrogen functional groups attached to an aromatic ring is 1. The zero-order valence-electron chi connectivity index (χ0n) is 17.0. The standard InChI is InChI=1S/C23H27N5O/c1-28-20(15-7-9-23(10-8-15)11-16(24)12-23)18(14-3-5-17(29-2)6-4-14)19-21(25)26-13-27-22(19)28/h3-7,13,16H,8-12,24H2,1-2H3,(H2,25,26,27). The number of aryl methyl sites for hydroxylation is 1. The molecule has 0 amide bonds. The van der Waals surface area contributed by atoms with Gasteiger partial charge >= 0.3 is 0 Å². The minimum Gasteiger partial charge on any atom is -0.497 e. The highest BCUT2D eigenvalue weighted by Gasteiger charge is 2.43. The van der Waals surface area contributed by atoms with Crippen LogP contribution in [0.2, 0.25) is 0 Å². The molecule has 1 aromatic carbocycles. The number of anilines is 1. The van der Waals surface area contributed by atoms with Crippen molar-refractivity contribution in [2.45, 2.75) is 38.1 Å². The van der Waals surface area contributed by atoms with E-state index in [1.54, 1.807) is 13.4 Å². The predicted octanol–water partition coefficient (Wildman–Crippen LogP) is 3.90. The van der Waals surface area contributed by atoms with Crippen LogP contribution in [-0.2, 0) is 7.05 Å². The molecule has 29 heavy (non-hydrogen) atoms. The number of rotatable bonds is 3. The molecule has 4 N–H and O–H groups in total. The number of hydrogen-bond donors (Lipinski definition) is 2. The minimum atomic E-state index is 0.382. The second-order valence-corrected chi connectivity index (χ2v) is 8.57. The Bertz CT molecular complexity index is 1110. The first-order valence-corrected chi connectivity index (χ1v) is 10.2. The maximum absolute atomic E-state index is 6.33. The van der Waals surface area contributed by atoms with E-state index in [0.717, 1.165) is 53.6 Å². The Morgan fingerprint density at radius 3 is 2.55 bits per heavy atom. The van der Waals surface area contributed by atoms with E-state index in [0.29, 0.717) is 17.3 Å².